The van der Waals surface area contributed by atoms with Crippen molar-refractivity contribution in [2.75, 3.05) is 0 Å². The number of hydrogen-bond acceptors (Lipinski definition) is 1. The summed E-state index contributed by atoms with van der Waals surface area (Å²) in [6.07, 6.45) is 2.79. The van der Waals surface area contributed by atoms with Crippen LogP contribution in [-0.4, -0.2) is 21.6 Å². The standard InChI is InChI=1S/C10H8N2O2/c11-12-9(10(13)14)7-6-8-4-2-1-3-5-8/h1-7H,(H,13,14)/b7-6+. The molecule has 0 heterocycles. The molecule has 0 amide bonds. The molecule has 0 unspecified atom stereocenters. The Morgan fingerprint density at radius 2 is 2.00 bits per heavy atom. The summed E-state index contributed by atoms with van der Waals surface area (Å²) in [6.45, 7) is 0. The van der Waals surface area contributed by atoms with Crippen molar-refractivity contribution in [1.82, 2.24) is 0 Å². The average Bonchev–Trinajstić information content (AvgIpc) is 2.20. The molecule has 0 aromatic heterocycles. The second kappa shape index (κ2) is 4.74. The molecule has 0 bridgehead atoms. The van der Waals surface area contributed by atoms with Crippen LogP contribution in [0.2, 0.25) is 0 Å². The van der Waals surface area contributed by atoms with Crippen LogP contribution in [0.5, 0.6) is 0 Å². The molecular formula is C10H8N2O2. The van der Waals surface area contributed by atoms with Gasteiger partial charge in [-0.3, -0.25) is 0 Å². The van der Waals surface area contributed by atoms with Crippen molar-refractivity contribution in [2.45, 2.75) is 0 Å². The van der Waals surface area contributed by atoms with Crippen molar-refractivity contribution in [3.8, 4) is 0 Å². The summed E-state index contributed by atoms with van der Waals surface area (Å²) < 4.78 is 0. The second-order valence-electron chi connectivity index (χ2n) is 2.53. The maximum Gasteiger partial charge on any atom is 0.419 e. The average molecular weight is 188 g/mol. The molecule has 0 fully saturated rings. The van der Waals surface area contributed by atoms with Gasteiger partial charge in [-0.1, -0.05) is 30.3 Å². The van der Waals surface area contributed by atoms with E-state index < -0.39 is 11.7 Å². The minimum Gasteiger partial charge on any atom is -0.472 e. The van der Waals surface area contributed by atoms with E-state index in [0.29, 0.717) is 0 Å². The lowest BCUT2D eigenvalue weighted by molar-refractivity contribution is -0.133. The van der Waals surface area contributed by atoms with Crippen LogP contribution in [0.25, 0.3) is 11.6 Å². The second-order valence-corrected chi connectivity index (χ2v) is 2.53. The highest BCUT2D eigenvalue weighted by molar-refractivity contribution is 6.38. The van der Waals surface area contributed by atoms with Crippen molar-refractivity contribution < 1.29 is 14.7 Å². The Kier molecular flexibility index (Phi) is 3.35. The summed E-state index contributed by atoms with van der Waals surface area (Å²) in [5, 5.41) is 8.51. The zero-order valence-electron chi connectivity index (χ0n) is 7.29. The van der Waals surface area contributed by atoms with E-state index in [-0.39, 0.29) is 0 Å². The Morgan fingerprint density at radius 1 is 1.36 bits per heavy atom. The highest BCUT2D eigenvalue weighted by Crippen LogP contribution is 2.00. The molecule has 1 aromatic rings. The van der Waals surface area contributed by atoms with Gasteiger partial charge in [0.15, 0.2) is 0 Å². The maximum absolute atomic E-state index is 10.4. The summed E-state index contributed by atoms with van der Waals surface area (Å²) in [4.78, 5) is 13.0. The van der Waals surface area contributed by atoms with E-state index >= 15 is 0 Å². The molecule has 1 rings (SSSR count). The first-order valence-electron chi connectivity index (χ1n) is 3.92. The predicted octanol–water partition coefficient (Wildman–Crippen LogP) is 1.46. The molecule has 0 aliphatic carbocycles. The first-order valence-corrected chi connectivity index (χ1v) is 3.92. The first kappa shape index (κ1) is 9.89. The zero-order valence-corrected chi connectivity index (χ0v) is 7.29. The van der Waals surface area contributed by atoms with Gasteiger partial charge in [-0.05, 0) is 11.6 Å². The monoisotopic (exact) mass is 188 g/mol. The number of aliphatic carboxylic acids is 1. The van der Waals surface area contributed by atoms with Crippen molar-refractivity contribution in [3.05, 3.63) is 47.5 Å². The van der Waals surface area contributed by atoms with Crippen LogP contribution in [0.15, 0.2) is 36.4 Å². The van der Waals surface area contributed by atoms with Crippen LogP contribution in [0, 0.1) is 0 Å². The van der Waals surface area contributed by atoms with Gasteiger partial charge >= 0.3 is 11.7 Å². The fraction of sp³-hybridized carbons (Fsp3) is 0. The van der Waals surface area contributed by atoms with E-state index in [1.165, 1.54) is 6.08 Å². The number of hydrogen-bond donors (Lipinski definition) is 1. The van der Waals surface area contributed by atoms with Gasteiger partial charge in [-0.15, -0.1) is 0 Å². The third-order valence-corrected chi connectivity index (χ3v) is 1.56. The lowest BCUT2D eigenvalue weighted by Crippen LogP contribution is -2.10. The quantitative estimate of drug-likeness (QED) is 0.443. The Bertz CT molecular complexity index is 403. The Morgan fingerprint density at radius 3 is 2.50 bits per heavy atom. The van der Waals surface area contributed by atoms with Gasteiger partial charge in [0, 0.05) is 6.08 Å². The van der Waals surface area contributed by atoms with Gasteiger partial charge in [0.05, 0.1) is 0 Å². The molecule has 0 aliphatic rings. The number of carboxylic acid groups (broad SMARTS) is 1. The van der Waals surface area contributed by atoms with Gasteiger partial charge in [-0.25, -0.2) is 4.79 Å². The van der Waals surface area contributed by atoms with E-state index in [0.717, 1.165) is 5.56 Å². The summed E-state index contributed by atoms with van der Waals surface area (Å²) in [6, 6.07) is 9.14. The molecule has 0 spiro atoms. The first-order chi connectivity index (χ1) is 6.74. The number of benzene rings is 1. The molecule has 0 saturated carbocycles. The molecule has 1 N–H and O–H groups in total. The minimum atomic E-state index is -1.26. The van der Waals surface area contributed by atoms with E-state index in [1.807, 2.05) is 30.3 Å². The van der Waals surface area contributed by atoms with E-state index in [2.05, 4.69) is 4.79 Å². The molecule has 4 heteroatoms. The lowest BCUT2D eigenvalue weighted by atomic mass is 10.2. The lowest BCUT2D eigenvalue weighted by Gasteiger charge is -1.88. The smallest absolute Gasteiger partial charge is 0.419 e. The fourth-order valence-corrected chi connectivity index (χ4v) is 0.887. The van der Waals surface area contributed by atoms with E-state index in [4.69, 9.17) is 10.6 Å². The Labute approximate surface area is 80.7 Å². The van der Waals surface area contributed by atoms with Crippen molar-refractivity contribution in [2.24, 2.45) is 0 Å². The van der Waals surface area contributed by atoms with E-state index in [1.54, 1.807) is 6.08 Å². The molecular weight excluding hydrogens is 180 g/mol. The molecule has 1 aromatic carbocycles. The third kappa shape index (κ3) is 2.69. The zero-order chi connectivity index (χ0) is 10.4. The summed E-state index contributed by atoms with van der Waals surface area (Å²) in [7, 11) is 0. The van der Waals surface area contributed by atoms with Crippen molar-refractivity contribution in [1.29, 1.82) is 0 Å². The van der Waals surface area contributed by atoms with Crippen LogP contribution in [0.3, 0.4) is 0 Å². The van der Waals surface area contributed by atoms with Crippen molar-refractivity contribution in [3.63, 3.8) is 0 Å². The third-order valence-electron chi connectivity index (χ3n) is 1.56. The SMILES string of the molecule is [N-]=[N+]=C(/C=C/c1ccccc1)C(=O)O. The Hall–Kier alpha value is -2.19. The molecule has 0 saturated heterocycles. The van der Waals surface area contributed by atoms with Gasteiger partial charge < -0.3 is 10.6 Å². The molecule has 0 aliphatic heterocycles. The molecule has 4 nitrogen and oxygen atoms in total. The van der Waals surface area contributed by atoms with Gasteiger partial charge in [0.1, 0.15) is 0 Å². The summed E-state index contributed by atoms with van der Waals surface area (Å²) in [5.74, 6) is -1.26. The van der Waals surface area contributed by atoms with Gasteiger partial charge in [0.25, 0.3) is 0 Å². The summed E-state index contributed by atoms with van der Waals surface area (Å²) >= 11 is 0. The summed E-state index contributed by atoms with van der Waals surface area (Å²) in [5.41, 5.74) is 8.78. The predicted molar refractivity (Wildman–Crippen MR) is 51.7 cm³/mol. The number of rotatable bonds is 3. The van der Waals surface area contributed by atoms with Gasteiger partial charge in [0.2, 0.25) is 0 Å². The van der Waals surface area contributed by atoms with Crippen LogP contribution >= 0.6 is 0 Å². The highest BCUT2D eigenvalue weighted by atomic mass is 16.4. The highest BCUT2D eigenvalue weighted by Gasteiger charge is 2.12. The van der Waals surface area contributed by atoms with Gasteiger partial charge in [-0.2, -0.15) is 4.79 Å². The normalized spacial score (nSPS) is 9.71. The van der Waals surface area contributed by atoms with Crippen LogP contribution < -0.4 is 0 Å². The minimum absolute atomic E-state index is 0.395. The maximum atomic E-state index is 10.4. The number of carboxylic acids is 1. The largest absolute Gasteiger partial charge is 0.472 e. The fourth-order valence-electron chi connectivity index (χ4n) is 0.887. The Balaban J connectivity index is 2.84. The molecule has 14 heavy (non-hydrogen) atoms. The van der Waals surface area contributed by atoms with Crippen LogP contribution in [0.1, 0.15) is 5.56 Å². The number of carbonyl (C=O) groups is 1. The van der Waals surface area contributed by atoms with Crippen molar-refractivity contribution >= 4 is 17.8 Å². The van der Waals surface area contributed by atoms with Crippen LogP contribution in [0.4, 0.5) is 0 Å². The van der Waals surface area contributed by atoms with E-state index in [9.17, 15) is 4.79 Å². The molecule has 0 atom stereocenters. The molecule has 70 valence electrons. The number of nitrogens with zero attached hydrogens (tertiary/aromatic N) is 2. The van der Waals surface area contributed by atoms with Crippen LogP contribution in [-0.2, 0) is 4.79 Å². The molecule has 0 radical (unpaired) electrons. The topological polar surface area (TPSA) is 73.7 Å².